The largest absolute Gasteiger partial charge is 0.286 e. The number of amidine groups is 1. The van der Waals surface area contributed by atoms with Crippen LogP contribution in [0.1, 0.15) is 34.6 Å². The van der Waals surface area contributed by atoms with Crippen LogP contribution >= 0.6 is 0 Å². The van der Waals surface area contributed by atoms with Crippen LogP contribution in [0.4, 0.5) is 0 Å². The summed E-state index contributed by atoms with van der Waals surface area (Å²) >= 11 is 0. The predicted molar refractivity (Wildman–Crippen MR) is 50.5 cm³/mol. The standard InChI is InChI=1S/C9H18N2/c1-6(2)8(5)11-9(10)7(3)4/h6-7,10H,1-5H3/b10-9?,11-8+. The Morgan fingerprint density at radius 3 is 1.82 bits per heavy atom. The van der Waals surface area contributed by atoms with Crippen LogP contribution in [-0.4, -0.2) is 11.5 Å². The van der Waals surface area contributed by atoms with Crippen molar-refractivity contribution in [3.63, 3.8) is 0 Å². The first-order valence-corrected chi connectivity index (χ1v) is 4.08. The first-order valence-electron chi connectivity index (χ1n) is 4.08. The fourth-order valence-corrected chi connectivity index (χ4v) is 0.448. The molecule has 64 valence electrons. The zero-order valence-corrected chi connectivity index (χ0v) is 8.10. The predicted octanol–water partition coefficient (Wildman–Crippen LogP) is 2.74. The Balaban J connectivity index is 4.20. The van der Waals surface area contributed by atoms with Crippen molar-refractivity contribution in [1.29, 1.82) is 5.41 Å². The lowest BCUT2D eigenvalue weighted by Gasteiger charge is -2.06. The number of hydrogen-bond acceptors (Lipinski definition) is 1. The van der Waals surface area contributed by atoms with Gasteiger partial charge in [0.15, 0.2) is 0 Å². The van der Waals surface area contributed by atoms with E-state index in [1.165, 1.54) is 0 Å². The van der Waals surface area contributed by atoms with Crippen LogP contribution in [0, 0.1) is 17.2 Å². The number of nitrogens with zero attached hydrogens (tertiary/aromatic N) is 1. The molecule has 2 heteroatoms. The molecule has 0 amide bonds. The highest BCUT2D eigenvalue weighted by atomic mass is 14.8. The molecule has 0 spiro atoms. The molecule has 0 unspecified atom stereocenters. The average molecular weight is 154 g/mol. The number of rotatable bonds is 2. The van der Waals surface area contributed by atoms with Gasteiger partial charge in [0.25, 0.3) is 0 Å². The first-order chi connectivity index (χ1) is 4.95. The van der Waals surface area contributed by atoms with Crippen LogP contribution in [-0.2, 0) is 0 Å². The van der Waals surface area contributed by atoms with E-state index in [1.807, 2.05) is 20.8 Å². The molecule has 0 radical (unpaired) electrons. The molecule has 0 aromatic carbocycles. The lowest BCUT2D eigenvalue weighted by molar-refractivity contribution is 0.848. The highest BCUT2D eigenvalue weighted by Crippen LogP contribution is 2.01. The van der Waals surface area contributed by atoms with Crippen molar-refractivity contribution in [3.05, 3.63) is 0 Å². The minimum absolute atomic E-state index is 0.240. The third-order valence-electron chi connectivity index (χ3n) is 1.68. The van der Waals surface area contributed by atoms with E-state index in [9.17, 15) is 0 Å². The fourth-order valence-electron chi connectivity index (χ4n) is 0.448. The van der Waals surface area contributed by atoms with Gasteiger partial charge >= 0.3 is 0 Å². The van der Waals surface area contributed by atoms with Gasteiger partial charge in [-0.25, -0.2) is 4.99 Å². The summed E-state index contributed by atoms with van der Waals surface area (Å²) in [5.74, 6) is 1.17. The maximum absolute atomic E-state index is 7.48. The summed E-state index contributed by atoms with van der Waals surface area (Å²) in [6, 6.07) is 0. The quantitative estimate of drug-likeness (QED) is 0.469. The van der Waals surface area contributed by atoms with Crippen LogP contribution in [0.15, 0.2) is 4.99 Å². The van der Waals surface area contributed by atoms with Gasteiger partial charge in [-0.05, 0) is 12.8 Å². The molecular weight excluding hydrogens is 136 g/mol. The van der Waals surface area contributed by atoms with Crippen molar-refractivity contribution in [1.82, 2.24) is 0 Å². The molecule has 11 heavy (non-hydrogen) atoms. The number of hydrogen-bond donors (Lipinski definition) is 1. The normalized spacial score (nSPS) is 12.8. The van der Waals surface area contributed by atoms with E-state index < -0.39 is 0 Å². The second kappa shape index (κ2) is 4.27. The molecule has 0 aliphatic heterocycles. The zero-order valence-electron chi connectivity index (χ0n) is 8.10. The summed E-state index contributed by atoms with van der Waals surface area (Å²) in [5, 5.41) is 7.48. The van der Waals surface area contributed by atoms with Gasteiger partial charge in [0.2, 0.25) is 0 Å². The maximum Gasteiger partial charge on any atom is 0.122 e. The average Bonchev–Trinajstić information content (AvgIpc) is 1.87. The van der Waals surface area contributed by atoms with Crippen molar-refractivity contribution >= 4 is 11.5 Å². The topological polar surface area (TPSA) is 36.2 Å². The Labute approximate surface area is 69.2 Å². The van der Waals surface area contributed by atoms with Crippen molar-refractivity contribution in [3.8, 4) is 0 Å². The Morgan fingerprint density at radius 2 is 1.55 bits per heavy atom. The van der Waals surface area contributed by atoms with E-state index >= 15 is 0 Å². The summed E-state index contributed by atoms with van der Waals surface area (Å²) in [7, 11) is 0. The highest BCUT2D eigenvalue weighted by molar-refractivity contribution is 5.97. The molecule has 2 nitrogen and oxygen atoms in total. The molecule has 0 atom stereocenters. The maximum atomic E-state index is 7.48. The monoisotopic (exact) mass is 154 g/mol. The van der Waals surface area contributed by atoms with Gasteiger partial charge in [-0.3, -0.25) is 5.41 Å². The lowest BCUT2D eigenvalue weighted by atomic mass is 10.1. The Hall–Kier alpha value is -0.660. The summed E-state index contributed by atoms with van der Waals surface area (Å²) in [6.07, 6.45) is 0. The second-order valence-corrected chi connectivity index (χ2v) is 3.45. The molecule has 0 aliphatic carbocycles. The van der Waals surface area contributed by atoms with Crippen molar-refractivity contribution in [2.45, 2.75) is 34.6 Å². The van der Waals surface area contributed by atoms with Gasteiger partial charge in [0, 0.05) is 11.6 Å². The van der Waals surface area contributed by atoms with Crippen molar-refractivity contribution in [2.24, 2.45) is 16.8 Å². The fraction of sp³-hybridized carbons (Fsp3) is 0.778. The van der Waals surface area contributed by atoms with Crippen LogP contribution < -0.4 is 0 Å². The van der Waals surface area contributed by atoms with Crippen LogP contribution in [0.2, 0.25) is 0 Å². The number of aliphatic imine (C=N–C) groups is 1. The Bertz CT molecular complexity index is 166. The van der Waals surface area contributed by atoms with Crippen molar-refractivity contribution < 1.29 is 0 Å². The zero-order chi connectivity index (χ0) is 9.02. The molecule has 0 fully saturated rings. The van der Waals surface area contributed by atoms with Gasteiger partial charge in [-0.2, -0.15) is 0 Å². The molecule has 0 aromatic heterocycles. The third-order valence-corrected chi connectivity index (χ3v) is 1.68. The van der Waals surface area contributed by atoms with E-state index in [0.29, 0.717) is 11.8 Å². The smallest absolute Gasteiger partial charge is 0.122 e. The summed E-state index contributed by atoms with van der Waals surface area (Å²) in [4.78, 5) is 4.18. The van der Waals surface area contributed by atoms with Crippen molar-refractivity contribution in [2.75, 3.05) is 0 Å². The van der Waals surface area contributed by atoms with Gasteiger partial charge in [-0.15, -0.1) is 0 Å². The molecule has 0 aliphatic rings. The van der Waals surface area contributed by atoms with Gasteiger partial charge in [0.05, 0.1) is 0 Å². The van der Waals surface area contributed by atoms with E-state index in [0.717, 1.165) is 5.71 Å². The van der Waals surface area contributed by atoms with Crippen LogP contribution in [0.3, 0.4) is 0 Å². The molecule has 0 rings (SSSR count). The number of nitrogens with one attached hydrogen (secondary N) is 1. The van der Waals surface area contributed by atoms with E-state index in [1.54, 1.807) is 0 Å². The molecule has 0 bridgehead atoms. The third kappa shape index (κ3) is 3.91. The molecule has 1 N–H and O–H groups in total. The van der Waals surface area contributed by atoms with Crippen LogP contribution in [0.5, 0.6) is 0 Å². The van der Waals surface area contributed by atoms with E-state index in [2.05, 4.69) is 18.8 Å². The summed E-state index contributed by atoms with van der Waals surface area (Å²) in [5.41, 5.74) is 1.05. The Kier molecular flexibility index (Phi) is 4.01. The molecule has 0 saturated heterocycles. The molecule has 0 aromatic rings. The lowest BCUT2D eigenvalue weighted by Crippen LogP contribution is -2.09. The van der Waals surface area contributed by atoms with Gasteiger partial charge < -0.3 is 0 Å². The highest BCUT2D eigenvalue weighted by Gasteiger charge is 2.03. The summed E-state index contributed by atoms with van der Waals surface area (Å²) in [6.45, 7) is 10.1. The van der Waals surface area contributed by atoms with Gasteiger partial charge in [-0.1, -0.05) is 27.7 Å². The van der Waals surface area contributed by atoms with E-state index in [4.69, 9.17) is 5.41 Å². The Morgan fingerprint density at radius 1 is 1.09 bits per heavy atom. The molecule has 0 saturated carbocycles. The second-order valence-electron chi connectivity index (χ2n) is 3.45. The summed E-state index contributed by atoms with van der Waals surface area (Å²) < 4.78 is 0. The molecular formula is C9H18N2. The van der Waals surface area contributed by atoms with Gasteiger partial charge in [0.1, 0.15) is 5.84 Å². The SMILES string of the molecule is C/C(=N\C(=N)C(C)C)C(C)C. The minimum Gasteiger partial charge on any atom is -0.286 e. The first kappa shape index (κ1) is 10.3. The van der Waals surface area contributed by atoms with E-state index in [-0.39, 0.29) is 5.92 Å². The minimum atomic E-state index is 0.240. The van der Waals surface area contributed by atoms with Crippen LogP contribution in [0.25, 0.3) is 0 Å². The molecule has 0 heterocycles.